The van der Waals surface area contributed by atoms with Gasteiger partial charge in [-0.25, -0.2) is 8.42 Å². The first kappa shape index (κ1) is 12.5. The number of hydrogen-bond donors (Lipinski definition) is 1. The Morgan fingerprint density at radius 2 is 1.95 bits per heavy atom. The molecule has 1 heterocycles. The molecule has 0 unspecified atom stereocenters. The van der Waals surface area contributed by atoms with Crippen molar-refractivity contribution in [2.24, 2.45) is 0 Å². The van der Waals surface area contributed by atoms with Gasteiger partial charge in [0.15, 0.2) is 0 Å². The number of fused-ring (bicyclic) bond motifs is 1. The van der Waals surface area contributed by atoms with Crippen LogP contribution in [-0.2, 0) is 10.0 Å². The van der Waals surface area contributed by atoms with Crippen molar-refractivity contribution in [1.29, 1.82) is 0 Å². The van der Waals surface area contributed by atoms with Gasteiger partial charge in [-0.2, -0.15) is 0 Å². The van der Waals surface area contributed by atoms with Crippen molar-refractivity contribution in [3.63, 3.8) is 0 Å². The topological polar surface area (TPSA) is 51.1 Å². The van der Waals surface area contributed by atoms with E-state index in [1.54, 1.807) is 0 Å². The van der Waals surface area contributed by atoms with Crippen LogP contribution in [0.1, 0.15) is 31.7 Å². The van der Waals surface area contributed by atoms with Gasteiger partial charge in [0, 0.05) is 12.2 Å². The SMILES string of the molecule is CS(=O)(=O)Nc1ccc2ccn(C3CCCC3)c2c1. The molecule has 4 nitrogen and oxygen atoms in total. The first-order chi connectivity index (χ1) is 9.03. The molecule has 1 saturated carbocycles. The molecular weight excluding hydrogens is 260 g/mol. The number of aromatic nitrogens is 1. The van der Waals surface area contributed by atoms with Gasteiger partial charge in [0.1, 0.15) is 0 Å². The average molecular weight is 278 g/mol. The molecule has 1 N–H and O–H groups in total. The van der Waals surface area contributed by atoms with E-state index in [1.807, 2.05) is 18.2 Å². The molecule has 2 aromatic rings. The normalized spacial score (nSPS) is 17.1. The number of rotatable bonds is 3. The second kappa shape index (κ2) is 4.56. The first-order valence-corrected chi connectivity index (χ1v) is 8.50. The minimum atomic E-state index is -3.22. The molecule has 0 spiro atoms. The Kier molecular flexibility index (Phi) is 3.01. The van der Waals surface area contributed by atoms with Gasteiger partial charge in [0.2, 0.25) is 10.0 Å². The van der Waals surface area contributed by atoms with Crippen molar-refractivity contribution in [3.8, 4) is 0 Å². The summed E-state index contributed by atoms with van der Waals surface area (Å²) < 4.78 is 27.4. The lowest BCUT2D eigenvalue weighted by Crippen LogP contribution is -2.09. The highest BCUT2D eigenvalue weighted by molar-refractivity contribution is 7.92. The largest absolute Gasteiger partial charge is 0.344 e. The zero-order valence-corrected chi connectivity index (χ0v) is 11.8. The van der Waals surface area contributed by atoms with Crippen LogP contribution in [0.15, 0.2) is 30.5 Å². The van der Waals surface area contributed by atoms with Gasteiger partial charge in [-0.05, 0) is 36.4 Å². The molecule has 0 radical (unpaired) electrons. The highest BCUT2D eigenvalue weighted by Crippen LogP contribution is 2.33. The second-order valence-corrected chi connectivity index (χ2v) is 7.06. The van der Waals surface area contributed by atoms with Gasteiger partial charge in [-0.15, -0.1) is 0 Å². The maximum absolute atomic E-state index is 11.3. The molecule has 1 aromatic carbocycles. The summed E-state index contributed by atoms with van der Waals surface area (Å²) in [6.07, 6.45) is 8.29. The maximum Gasteiger partial charge on any atom is 0.229 e. The summed E-state index contributed by atoms with van der Waals surface area (Å²) in [6.45, 7) is 0. The molecule has 0 atom stereocenters. The molecule has 1 aliphatic rings. The molecule has 5 heteroatoms. The van der Waals surface area contributed by atoms with Gasteiger partial charge >= 0.3 is 0 Å². The number of nitrogens with zero attached hydrogens (tertiary/aromatic N) is 1. The molecule has 19 heavy (non-hydrogen) atoms. The molecule has 0 amide bonds. The summed E-state index contributed by atoms with van der Waals surface area (Å²) in [5.41, 5.74) is 1.74. The lowest BCUT2D eigenvalue weighted by Gasteiger charge is -2.14. The van der Waals surface area contributed by atoms with E-state index in [0.717, 1.165) is 10.9 Å². The van der Waals surface area contributed by atoms with Crippen LogP contribution < -0.4 is 4.72 Å². The van der Waals surface area contributed by atoms with Gasteiger partial charge in [0.25, 0.3) is 0 Å². The van der Waals surface area contributed by atoms with Crippen LogP contribution in [0, 0.1) is 0 Å². The third-order valence-corrected chi connectivity index (χ3v) is 4.35. The van der Waals surface area contributed by atoms with Crippen molar-refractivity contribution in [3.05, 3.63) is 30.5 Å². The Morgan fingerprint density at radius 3 is 2.63 bits per heavy atom. The van der Waals surface area contributed by atoms with E-state index in [4.69, 9.17) is 0 Å². The Balaban J connectivity index is 2.02. The van der Waals surface area contributed by atoms with Crippen LogP contribution in [0.3, 0.4) is 0 Å². The van der Waals surface area contributed by atoms with Crippen molar-refractivity contribution < 1.29 is 8.42 Å². The summed E-state index contributed by atoms with van der Waals surface area (Å²) in [6, 6.07) is 8.36. The highest BCUT2D eigenvalue weighted by atomic mass is 32.2. The van der Waals surface area contributed by atoms with E-state index in [9.17, 15) is 8.42 Å². The fourth-order valence-corrected chi connectivity index (χ4v) is 3.48. The Labute approximate surface area is 113 Å². The molecule has 1 fully saturated rings. The zero-order chi connectivity index (χ0) is 13.5. The fourth-order valence-electron chi connectivity index (χ4n) is 2.93. The first-order valence-electron chi connectivity index (χ1n) is 6.61. The average Bonchev–Trinajstić information content (AvgIpc) is 2.93. The predicted octanol–water partition coefficient (Wildman–Crippen LogP) is 3.13. The van der Waals surface area contributed by atoms with Crippen LogP contribution >= 0.6 is 0 Å². The third-order valence-electron chi connectivity index (χ3n) is 3.74. The van der Waals surface area contributed by atoms with E-state index in [2.05, 4.69) is 21.6 Å². The molecule has 1 aliphatic carbocycles. The van der Waals surface area contributed by atoms with Gasteiger partial charge in [-0.3, -0.25) is 4.72 Å². The van der Waals surface area contributed by atoms with Crippen LogP contribution in [0.5, 0.6) is 0 Å². The van der Waals surface area contributed by atoms with Crippen LogP contribution in [-0.4, -0.2) is 19.2 Å². The number of hydrogen-bond acceptors (Lipinski definition) is 2. The standard InChI is InChI=1S/C14H18N2O2S/c1-19(17,18)15-12-7-6-11-8-9-16(14(11)10-12)13-4-2-3-5-13/h6-10,13,15H,2-5H2,1H3. The lowest BCUT2D eigenvalue weighted by atomic mass is 10.2. The van der Waals surface area contributed by atoms with Crippen LogP contribution in [0.4, 0.5) is 5.69 Å². The minimum Gasteiger partial charge on any atom is -0.344 e. The molecule has 0 aliphatic heterocycles. The maximum atomic E-state index is 11.3. The number of anilines is 1. The number of benzene rings is 1. The van der Waals surface area contributed by atoms with Crippen molar-refractivity contribution in [2.45, 2.75) is 31.7 Å². The predicted molar refractivity (Wildman–Crippen MR) is 77.9 cm³/mol. The monoisotopic (exact) mass is 278 g/mol. The lowest BCUT2D eigenvalue weighted by molar-refractivity contribution is 0.536. The van der Waals surface area contributed by atoms with Gasteiger partial charge < -0.3 is 4.57 Å². The van der Waals surface area contributed by atoms with E-state index in [0.29, 0.717) is 11.7 Å². The number of nitrogens with one attached hydrogen (secondary N) is 1. The summed E-state index contributed by atoms with van der Waals surface area (Å²) in [5, 5.41) is 1.16. The Bertz CT molecular complexity index is 697. The summed E-state index contributed by atoms with van der Waals surface area (Å²) in [4.78, 5) is 0. The molecule has 3 rings (SSSR count). The molecule has 1 aromatic heterocycles. The second-order valence-electron chi connectivity index (χ2n) is 5.31. The van der Waals surface area contributed by atoms with E-state index < -0.39 is 10.0 Å². The van der Waals surface area contributed by atoms with E-state index in [1.165, 1.54) is 31.9 Å². The molecule has 0 saturated heterocycles. The van der Waals surface area contributed by atoms with Crippen molar-refractivity contribution >= 4 is 26.6 Å². The summed E-state index contributed by atoms with van der Waals surface area (Å²) in [7, 11) is -3.22. The van der Waals surface area contributed by atoms with E-state index >= 15 is 0 Å². The van der Waals surface area contributed by atoms with Crippen molar-refractivity contribution in [1.82, 2.24) is 4.57 Å². The molecule has 0 bridgehead atoms. The summed E-state index contributed by atoms with van der Waals surface area (Å²) >= 11 is 0. The molecular formula is C14H18N2O2S. The third kappa shape index (κ3) is 2.61. The van der Waals surface area contributed by atoms with E-state index in [-0.39, 0.29) is 0 Å². The zero-order valence-electron chi connectivity index (χ0n) is 11.0. The number of sulfonamides is 1. The fraction of sp³-hybridized carbons (Fsp3) is 0.429. The Morgan fingerprint density at radius 1 is 1.21 bits per heavy atom. The summed E-state index contributed by atoms with van der Waals surface area (Å²) in [5.74, 6) is 0. The van der Waals surface area contributed by atoms with Crippen LogP contribution in [0.25, 0.3) is 10.9 Å². The quantitative estimate of drug-likeness (QED) is 0.937. The minimum absolute atomic E-state index is 0.561. The molecule has 102 valence electrons. The van der Waals surface area contributed by atoms with Crippen molar-refractivity contribution in [2.75, 3.05) is 11.0 Å². The van der Waals surface area contributed by atoms with Gasteiger partial charge in [-0.1, -0.05) is 18.9 Å². The van der Waals surface area contributed by atoms with Crippen LogP contribution in [0.2, 0.25) is 0 Å². The van der Waals surface area contributed by atoms with Gasteiger partial charge in [0.05, 0.1) is 17.5 Å². The Hall–Kier alpha value is -1.49. The highest BCUT2D eigenvalue weighted by Gasteiger charge is 2.18. The smallest absolute Gasteiger partial charge is 0.229 e.